The van der Waals surface area contributed by atoms with Crippen LogP contribution in [0, 0.1) is 11.8 Å². The van der Waals surface area contributed by atoms with Gasteiger partial charge in [0.25, 0.3) is 0 Å². The van der Waals surface area contributed by atoms with Crippen molar-refractivity contribution in [3.63, 3.8) is 0 Å². The van der Waals surface area contributed by atoms with Gasteiger partial charge < -0.3 is 5.73 Å². The summed E-state index contributed by atoms with van der Waals surface area (Å²) in [6, 6.07) is 0.480. The molecule has 1 heteroatoms. The summed E-state index contributed by atoms with van der Waals surface area (Å²) in [6.45, 7) is 4.56. The highest BCUT2D eigenvalue weighted by molar-refractivity contribution is 4.77. The van der Waals surface area contributed by atoms with Gasteiger partial charge in [-0.1, -0.05) is 20.3 Å². The molecule has 0 spiro atoms. The van der Waals surface area contributed by atoms with Gasteiger partial charge in [0, 0.05) is 6.04 Å². The molecule has 1 rings (SSSR count). The first kappa shape index (κ1) is 7.07. The van der Waals surface area contributed by atoms with E-state index >= 15 is 0 Å². The quantitative estimate of drug-likeness (QED) is 0.527. The van der Waals surface area contributed by atoms with Gasteiger partial charge in [-0.25, -0.2) is 0 Å². The summed E-state index contributed by atoms with van der Waals surface area (Å²) >= 11 is 0. The maximum atomic E-state index is 5.87. The second-order valence-electron chi connectivity index (χ2n) is 3.56. The Morgan fingerprint density at radius 3 is 2.33 bits per heavy atom. The molecule has 1 aliphatic carbocycles. The topological polar surface area (TPSA) is 26.0 Å². The Kier molecular flexibility index (Phi) is 2.12. The maximum Gasteiger partial charge on any atom is 0.00670 e. The van der Waals surface area contributed by atoms with Gasteiger partial charge in [-0.2, -0.15) is 0 Å². The molecule has 0 radical (unpaired) electrons. The first-order valence-corrected chi connectivity index (χ1v) is 3.95. The lowest BCUT2D eigenvalue weighted by atomic mass is 9.81. The van der Waals surface area contributed by atoms with E-state index in [0.29, 0.717) is 6.04 Å². The van der Waals surface area contributed by atoms with Crippen molar-refractivity contribution in [1.29, 1.82) is 0 Å². The standard InChI is InChI=1S/C8H17N/c1-6-3-4-7(2)8(9)5-6/h6-8H,3-5,9H2,1-2H3/t6?,7-,8?/m0/s1. The van der Waals surface area contributed by atoms with Crippen LogP contribution >= 0.6 is 0 Å². The van der Waals surface area contributed by atoms with Crippen LogP contribution in [0.5, 0.6) is 0 Å². The zero-order valence-electron chi connectivity index (χ0n) is 6.43. The molecule has 0 aromatic carbocycles. The van der Waals surface area contributed by atoms with Crippen LogP contribution in [0.15, 0.2) is 0 Å². The third-order valence-corrected chi connectivity index (χ3v) is 2.52. The molecule has 1 aliphatic rings. The zero-order chi connectivity index (χ0) is 6.85. The minimum Gasteiger partial charge on any atom is -0.327 e. The predicted octanol–water partition coefficient (Wildman–Crippen LogP) is 1.77. The Bertz CT molecular complexity index is 90.6. The molecular weight excluding hydrogens is 110 g/mol. The van der Waals surface area contributed by atoms with Crippen molar-refractivity contribution in [1.82, 2.24) is 0 Å². The number of hydrogen-bond donors (Lipinski definition) is 1. The summed E-state index contributed by atoms with van der Waals surface area (Å²) in [6.07, 6.45) is 3.96. The zero-order valence-corrected chi connectivity index (χ0v) is 6.43. The average Bonchev–Trinajstić information content (AvgIpc) is 1.80. The second kappa shape index (κ2) is 2.70. The molecule has 1 fully saturated rings. The molecule has 3 atom stereocenters. The Morgan fingerprint density at radius 2 is 1.89 bits per heavy atom. The molecule has 0 saturated heterocycles. The van der Waals surface area contributed by atoms with Gasteiger partial charge in [0.05, 0.1) is 0 Å². The molecule has 2 N–H and O–H groups in total. The number of hydrogen-bond acceptors (Lipinski definition) is 1. The summed E-state index contributed by atoms with van der Waals surface area (Å²) in [5, 5.41) is 0. The van der Waals surface area contributed by atoms with Crippen LogP contribution in [0.2, 0.25) is 0 Å². The summed E-state index contributed by atoms with van der Waals surface area (Å²) in [7, 11) is 0. The fourth-order valence-corrected chi connectivity index (χ4v) is 1.58. The molecule has 1 nitrogen and oxygen atoms in total. The fraction of sp³-hybridized carbons (Fsp3) is 1.00. The number of nitrogens with two attached hydrogens (primary N) is 1. The van der Waals surface area contributed by atoms with Crippen molar-refractivity contribution in [2.45, 2.75) is 39.2 Å². The molecule has 2 unspecified atom stereocenters. The van der Waals surface area contributed by atoms with E-state index in [-0.39, 0.29) is 0 Å². The second-order valence-corrected chi connectivity index (χ2v) is 3.56. The third-order valence-electron chi connectivity index (χ3n) is 2.52. The van der Waals surface area contributed by atoms with Crippen molar-refractivity contribution in [3.8, 4) is 0 Å². The molecule has 54 valence electrons. The van der Waals surface area contributed by atoms with Crippen LogP contribution in [0.25, 0.3) is 0 Å². The molecule has 9 heavy (non-hydrogen) atoms. The lowest BCUT2D eigenvalue weighted by Gasteiger charge is -2.29. The Morgan fingerprint density at radius 1 is 1.22 bits per heavy atom. The molecule has 0 aromatic rings. The molecule has 1 saturated carbocycles. The smallest absolute Gasteiger partial charge is 0.00670 e. The predicted molar refractivity (Wildman–Crippen MR) is 40.2 cm³/mol. The van der Waals surface area contributed by atoms with Crippen molar-refractivity contribution in [3.05, 3.63) is 0 Å². The third kappa shape index (κ3) is 1.68. The van der Waals surface area contributed by atoms with E-state index in [2.05, 4.69) is 13.8 Å². The largest absolute Gasteiger partial charge is 0.327 e. The van der Waals surface area contributed by atoms with Gasteiger partial charge in [-0.15, -0.1) is 0 Å². The lowest BCUT2D eigenvalue weighted by Crippen LogP contribution is -2.34. The van der Waals surface area contributed by atoms with E-state index < -0.39 is 0 Å². The van der Waals surface area contributed by atoms with E-state index in [9.17, 15) is 0 Å². The monoisotopic (exact) mass is 127 g/mol. The van der Waals surface area contributed by atoms with Crippen molar-refractivity contribution >= 4 is 0 Å². The molecular formula is C8H17N. The van der Waals surface area contributed by atoms with Gasteiger partial charge >= 0.3 is 0 Å². The first-order valence-electron chi connectivity index (χ1n) is 3.95. The van der Waals surface area contributed by atoms with E-state index in [0.717, 1.165) is 11.8 Å². The van der Waals surface area contributed by atoms with E-state index in [1.165, 1.54) is 19.3 Å². The SMILES string of the molecule is CC1CC[C@H](C)C(N)C1. The van der Waals surface area contributed by atoms with Gasteiger partial charge in [0.2, 0.25) is 0 Å². The fourth-order valence-electron chi connectivity index (χ4n) is 1.58. The van der Waals surface area contributed by atoms with Crippen molar-refractivity contribution in [2.24, 2.45) is 17.6 Å². The first-order chi connectivity index (χ1) is 4.20. The van der Waals surface area contributed by atoms with Gasteiger partial charge in [-0.3, -0.25) is 0 Å². The van der Waals surface area contributed by atoms with Gasteiger partial charge in [0.1, 0.15) is 0 Å². The maximum absolute atomic E-state index is 5.87. The van der Waals surface area contributed by atoms with Crippen molar-refractivity contribution in [2.75, 3.05) is 0 Å². The Labute approximate surface area is 57.6 Å². The van der Waals surface area contributed by atoms with Gasteiger partial charge in [-0.05, 0) is 24.7 Å². The summed E-state index contributed by atoms with van der Waals surface area (Å²) in [5.41, 5.74) is 5.87. The lowest BCUT2D eigenvalue weighted by molar-refractivity contribution is 0.266. The average molecular weight is 127 g/mol. The minimum absolute atomic E-state index is 0.480. The molecule has 0 bridgehead atoms. The van der Waals surface area contributed by atoms with E-state index in [4.69, 9.17) is 5.73 Å². The Balaban J connectivity index is 2.35. The normalized spacial score (nSPS) is 45.0. The van der Waals surface area contributed by atoms with Crippen LogP contribution in [0.3, 0.4) is 0 Å². The van der Waals surface area contributed by atoms with Crippen LogP contribution in [-0.4, -0.2) is 6.04 Å². The van der Waals surface area contributed by atoms with Gasteiger partial charge in [0.15, 0.2) is 0 Å². The molecule has 0 aromatic heterocycles. The van der Waals surface area contributed by atoms with E-state index in [1.807, 2.05) is 0 Å². The summed E-state index contributed by atoms with van der Waals surface area (Å²) in [5.74, 6) is 1.64. The highest BCUT2D eigenvalue weighted by Gasteiger charge is 2.21. The highest BCUT2D eigenvalue weighted by atomic mass is 14.7. The summed E-state index contributed by atoms with van der Waals surface area (Å²) < 4.78 is 0. The highest BCUT2D eigenvalue weighted by Crippen LogP contribution is 2.26. The Hall–Kier alpha value is -0.0400. The molecule has 0 amide bonds. The van der Waals surface area contributed by atoms with E-state index in [1.54, 1.807) is 0 Å². The van der Waals surface area contributed by atoms with Crippen molar-refractivity contribution < 1.29 is 0 Å². The minimum atomic E-state index is 0.480. The molecule has 0 heterocycles. The number of rotatable bonds is 0. The van der Waals surface area contributed by atoms with Crippen LogP contribution < -0.4 is 5.73 Å². The van der Waals surface area contributed by atoms with Crippen LogP contribution in [0.4, 0.5) is 0 Å². The van der Waals surface area contributed by atoms with Crippen LogP contribution in [-0.2, 0) is 0 Å². The molecule has 0 aliphatic heterocycles. The summed E-state index contributed by atoms with van der Waals surface area (Å²) in [4.78, 5) is 0. The van der Waals surface area contributed by atoms with Crippen LogP contribution in [0.1, 0.15) is 33.1 Å².